The molecule has 3 rings (SSSR count). The van der Waals surface area contributed by atoms with Gasteiger partial charge in [0.15, 0.2) is 15.7 Å². The zero-order valence-corrected chi connectivity index (χ0v) is 19.4. The maximum absolute atomic E-state index is 13.1. The molecule has 7 nitrogen and oxygen atoms in total. The van der Waals surface area contributed by atoms with Gasteiger partial charge in [-0.3, -0.25) is 13.7 Å². The number of amides is 1. The van der Waals surface area contributed by atoms with Crippen molar-refractivity contribution < 1.29 is 17.4 Å². The minimum atomic E-state index is -3.24. The second kappa shape index (κ2) is 9.62. The van der Waals surface area contributed by atoms with E-state index in [0.29, 0.717) is 28.1 Å². The fraction of sp³-hybridized carbons (Fsp3) is 0.500. The Morgan fingerprint density at radius 1 is 1.33 bits per heavy atom. The van der Waals surface area contributed by atoms with Gasteiger partial charge in [-0.15, -0.1) is 0 Å². The van der Waals surface area contributed by atoms with E-state index in [0.717, 1.165) is 24.7 Å². The average molecular weight is 472 g/mol. The van der Waals surface area contributed by atoms with Crippen LogP contribution in [0, 0.1) is 5.92 Å². The Hall–Kier alpha value is -1.71. The largest absolute Gasteiger partial charge is 0.309 e. The molecule has 30 heavy (non-hydrogen) atoms. The molecule has 1 N–H and O–H groups in total. The highest BCUT2D eigenvalue weighted by Gasteiger charge is 2.28. The van der Waals surface area contributed by atoms with E-state index in [1.54, 1.807) is 24.5 Å². The second-order valence-corrected chi connectivity index (χ2v) is 11.7. The Labute approximate surface area is 184 Å². The van der Waals surface area contributed by atoms with E-state index in [2.05, 4.69) is 10.4 Å². The molecule has 0 radical (unpaired) electrons. The van der Waals surface area contributed by atoms with Crippen LogP contribution in [-0.2, 0) is 31.3 Å². The van der Waals surface area contributed by atoms with Crippen molar-refractivity contribution in [1.29, 1.82) is 0 Å². The number of benzene rings is 1. The Kier molecular flexibility index (Phi) is 7.36. The molecule has 1 fully saturated rings. The van der Waals surface area contributed by atoms with Crippen LogP contribution in [0.1, 0.15) is 43.6 Å². The van der Waals surface area contributed by atoms with Crippen LogP contribution < -0.4 is 5.32 Å². The monoisotopic (exact) mass is 471 g/mol. The van der Waals surface area contributed by atoms with Crippen molar-refractivity contribution in [2.45, 2.75) is 48.8 Å². The summed E-state index contributed by atoms with van der Waals surface area (Å²) in [5, 5.41) is 7.33. The molecule has 10 heteroatoms. The Morgan fingerprint density at radius 2 is 2.03 bits per heavy atom. The molecule has 1 amide bonds. The number of carbonyl (C=O) groups is 1. The molecule has 0 bridgehead atoms. The molecule has 0 spiro atoms. The molecule has 1 saturated carbocycles. The number of hydrogen-bond donors (Lipinski definition) is 1. The molecule has 2 aromatic rings. The van der Waals surface area contributed by atoms with Gasteiger partial charge in [-0.05, 0) is 30.0 Å². The Bertz CT molecular complexity index is 1050. The summed E-state index contributed by atoms with van der Waals surface area (Å²) < 4.78 is 36.0. The fourth-order valence-electron chi connectivity index (χ4n) is 3.89. The van der Waals surface area contributed by atoms with E-state index < -0.39 is 26.6 Å². The Balaban J connectivity index is 1.82. The molecular weight excluding hydrogens is 446 g/mol. The lowest BCUT2D eigenvalue weighted by atomic mass is 9.87. The number of carbonyl (C=O) groups excluding carboxylic acids is 1. The molecule has 1 aliphatic carbocycles. The summed E-state index contributed by atoms with van der Waals surface area (Å²) in [4.78, 5) is 13.7. The topological polar surface area (TPSA) is 98.1 Å². The van der Waals surface area contributed by atoms with Gasteiger partial charge in [0.2, 0.25) is 5.91 Å². The van der Waals surface area contributed by atoms with Crippen LogP contribution in [0.4, 0.5) is 5.82 Å². The standard InChI is InChI=1S/C20H26ClN3O4S2/c1-29(26)18-8-7-15(12-17(18)21)16(11-14-5-3-4-6-14)20(25)22-19-9-10-24(23-19)13-30(2,27)28/h7-10,12,14,16H,3-6,11,13H2,1-2H3,(H,22,23,25)/t16-,29?/m1/s1. The van der Waals surface area contributed by atoms with Crippen LogP contribution >= 0.6 is 11.6 Å². The lowest BCUT2D eigenvalue weighted by Crippen LogP contribution is -2.23. The number of hydrogen-bond acceptors (Lipinski definition) is 5. The van der Waals surface area contributed by atoms with E-state index in [9.17, 15) is 17.4 Å². The first-order chi connectivity index (χ1) is 14.1. The zero-order chi connectivity index (χ0) is 21.9. The molecule has 1 aromatic carbocycles. The van der Waals surface area contributed by atoms with Crippen molar-refractivity contribution in [3.05, 3.63) is 41.0 Å². The number of nitrogens with one attached hydrogen (secondary N) is 1. The first-order valence-corrected chi connectivity index (χ1v) is 13.8. The highest BCUT2D eigenvalue weighted by Crippen LogP contribution is 2.36. The predicted molar refractivity (Wildman–Crippen MR) is 119 cm³/mol. The van der Waals surface area contributed by atoms with Crippen LogP contribution in [-0.4, -0.2) is 40.8 Å². The number of nitrogens with zero attached hydrogens (tertiary/aromatic N) is 2. The van der Waals surface area contributed by atoms with Crippen LogP contribution in [0.15, 0.2) is 35.4 Å². The number of sulfone groups is 1. The van der Waals surface area contributed by atoms with Gasteiger partial charge in [0.25, 0.3) is 0 Å². The van der Waals surface area contributed by atoms with Gasteiger partial charge < -0.3 is 5.32 Å². The third-order valence-corrected chi connectivity index (χ3v) is 7.42. The molecule has 0 aliphatic heterocycles. The van der Waals surface area contributed by atoms with Gasteiger partial charge in [-0.25, -0.2) is 8.42 Å². The highest BCUT2D eigenvalue weighted by atomic mass is 35.5. The van der Waals surface area contributed by atoms with Crippen molar-refractivity contribution >= 4 is 44.0 Å². The average Bonchev–Trinajstić information content (AvgIpc) is 3.29. The van der Waals surface area contributed by atoms with Crippen LogP contribution in [0.25, 0.3) is 0 Å². The Morgan fingerprint density at radius 3 is 2.63 bits per heavy atom. The van der Waals surface area contributed by atoms with E-state index >= 15 is 0 Å². The maximum Gasteiger partial charge on any atom is 0.233 e. The van der Waals surface area contributed by atoms with Crippen molar-refractivity contribution in [3.63, 3.8) is 0 Å². The van der Waals surface area contributed by atoms with Crippen molar-refractivity contribution in [2.75, 3.05) is 17.8 Å². The summed E-state index contributed by atoms with van der Waals surface area (Å²) in [6, 6.07) is 6.82. The van der Waals surface area contributed by atoms with Gasteiger partial charge in [-0.2, -0.15) is 5.10 Å². The number of halogens is 1. The van der Waals surface area contributed by atoms with Crippen molar-refractivity contribution in [1.82, 2.24) is 9.78 Å². The molecule has 1 aliphatic rings. The number of rotatable bonds is 8. The van der Waals surface area contributed by atoms with Gasteiger partial charge in [0.05, 0.1) is 26.6 Å². The highest BCUT2D eigenvalue weighted by molar-refractivity contribution is 7.89. The fourth-order valence-corrected chi connectivity index (χ4v) is 5.63. The number of anilines is 1. The first kappa shape index (κ1) is 23.0. The summed E-state index contributed by atoms with van der Waals surface area (Å²) >= 11 is 6.32. The van der Waals surface area contributed by atoms with Gasteiger partial charge >= 0.3 is 0 Å². The predicted octanol–water partition coefficient (Wildman–Crippen LogP) is 3.58. The normalized spacial score (nSPS) is 17.0. The summed E-state index contributed by atoms with van der Waals surface area (Å²) in [6.45, 7) is 0. The minimum Gasteiger partial charge on any atom is -0.309 e. The minimum absolute atomic E-state index is 0.215. The van der Waals surface area contributed by atoms with Gasteiger partial charge in [-0.1, -0.05) is 43.4 Å². The lowest BCUT2D eigenvalue weighted by Gasteiger charge is -2.21. The number of aromatic nitrogens is 2. The molecule has 1 heterocycles. The van der Waals surface area contributed by atoms with E-state index in [-0.39, 0.29) is 11.8 Å². The third kappa shape index (κ3) is 6.15. The second-order valence-electron chi connectivity index (χ2n) is 7.87. The van der Waals surface area contributed by atoms with Gasteiger partial charge in [0, 0.05) is 24.8 Å². The molecule has 164 valence electrons. The lowest BCUT2D eigenvalue weighted by molar-refractivity contribution is -0.118. The summed E-state index contributed by atoms with van der Waals surface area (Å²) in [5.41, 5.74) is 0.772. The van der Waals surface area contributed by atoms with Crippen molar-refractivity contribution in [3.8, 4) is 0 Å². The zero-order valence-electron chi connectivity index (χ0n) is 17.0. The summed E-state index contributed by atoms with van der Waals surface area (Å²) in [7, 11) is -4.44. The quantitative estimate of drug-likeness (QED) is 0.634. The molecule has 2 atom stereocenters. The SMILES string of the molecule is CS(=O)c1ccc([C@@H](CC2CCCC2)C(=O)Nc2ccn(CS(C)(=O)=O)n2)cc1Cl. The van der Waals surface area contributed by atoms with E-state index in [4.69, 9.17) is 11.6 Å². The first-order valence-electron chi connectivity index (χ1n) is 9.77. The molecule has 1 aromatic heterocycles. The maximum atomic E-state index is 13.1. The van der Waals surface area contributed by atoms with Crippen LogP contribution in [0.5, 0.6) is 0 Å². The molecule has 1 unspecified atom stereocenters. The summed E-state index contributed by atoms with van der Waals surface area (Å²) in [5.74, 6) is -0.128. The van der Waals surface area contributed by atoms with Crippen LogP contribution in [0.3, 0.4) is 0 Å². The van der Waals surface area contributed by atoms with E-state index in [1.807, 2.05) is 6.07 Å². The molecule has 0 saturated heterocycles. The van der Waals surface area contributed by atoms with Crippen molar-refractivity contribution in [2.24, 2.45) is 5.92 Å². The molecular formula is C20H26ClN3O4S2. The smallest absolute Gasteiger partial charge is 0.233 e. The van der Waals surface area contributed by atoms with Crippen LogP contribution in [0.2, 0.25) is 5.02 Å². The third-order valence-electron chi connectivity index (χ3n) is 5.29. The van der Waals surface area contributed by atoms with Gasteiger partial charge in [0.1, 0.15) is 5.88 Å². The van der Waals surface area contributed by atoms with E-state index in [1.165, 1.54) is 23.7 Å². The summed E-state index contributed by atoms with van der Waals surface area (Å²) in [6.07, 6.45) is 9.44.